The molecule has 0 amide bonds. The monoisotopic (exact) mass is 402 g/mol. The minimum absolute atomic E-state index is 0.316. The summed E-state index contributed by atoms with van der Waals surface area (Å²) >= 11 is 0. The van der Waals surface area contributed by atoms with Gasteiger partial charge in [0.15, 0.2) is 0 Å². The van der Waals surface area contributed by atoms with E-state index in [4.69, 9.17) is 4.74 Å². The summed E-state index contributed by atoms with van der Waals surface area (Å²) in [6.45, 7) is 10.4. The molecule has 5 fully saturated rings. The van der Waals surface area contributed by atoms with Gasteiger partial charge in [0.25, 0.3) is 0 Å². The molecule has 11 unspecified atom stereocenters. The SMILES string of the molecule is CC(CO)CCC1OC2CC3C4CCC5CCCCC5(C)C4CCC3(C)C2C1C. The lowest BCUT2D eigenvalue weighted by Crippen LogP contribution is -2.53. The predicted molar refractivity (Wildman–Crippen MR) is 119 cm³/mol. The molecule has 0 bridgehead atoms. The molecule has 5 rings (SSSR count). The van der Waals surface area contributed by atoms with Crippen LogP contribution in [-0.2, 0) is 4.74 Å². The number of ether oxygens (including phenoxy) is 1. The molecule has 4 saturated carbocycles. The van der Waals surface area contributed by atoms with Crippen molar-refractivity contribution in [2.24, 2.45) is 52.3 Å². The summed E-state index contributed by atoms with van der Waals surface area (Å²) in [5.41, 5.74) is 1.16. The maximum Gasteiger partial charge on any atom is 0.0618 e. The maximum absolute atomic E-state index is 9.40. The van der Waals surface area contributed by atoms with Gasteiger partial charge in [-0.1, -0.05) is 40.5 Å². The summed E-state index contributed by atoms with van der Waals surface area (Å²) in [4.78, 5) is 0. The van der Waals surface area contributed by atoms with Crippen LogP contribution in [-0.4, -0.2) is 23.9 Å². The van der Waals surface area contributed by atoms with Crippen LogP contribution in [0.2, 0.25) is 0 Å². The van der Waals surface area contributed by atoms with E-state index in [-0.39, 0.29) is 0 Å². The van der Waals surface area contributed by atoms with Crippen LogP contribution in [0.3, 0.4) is 0 Å². The molecule has 0 aromatic heterocycles. The van der Waals surface area contributed by atoms with E-state index in [1.807, 2.05) is 0 Å². The van der Waals surface area contributed by atoms with Crippen LogP contribution in [0.5, 0.6) is 0 Å². The molecule has 0 aromatic rings. The van der Waals surface area contributed by atoms with Crippen molar-refractivity contribution in [2.75, 3.05) is 6.61 Å². The summed E-state index contributed by atoms with van der Waals surface area (Å²) in [5, 5.41) is 9.40. The molecule has 0 radical (unpaired) electrons. The predicted octanol–water partition coefficient (Wildman–Crippen LogP) is 6.46. The highest BCUT2D eigenvalue weighted by Crippen LogP contribution is 2.70. The van der Waals surface area contributed by atoms with Crippen LogP contribution in [0, 0.1) is 52.3 Å². The van der Waals surface area contributed by atoms with Crippen LogP contribution < -0.4 is 0 Å². The Morgan fingerprint density at radius 2 is 1.83 bits per heavy atom. The molecule has 29 heavy (non-hydrogen) atoms. The van der Waals surface area contributed by atoms with Crippen molar-refractivity contribution < 1.29 is 9.84 Å². The first-order valence-corrected chi connectivity index (χ1v) is 13.1. The maximum atomic E-state index is 9.40. The molecule has 1 N–H and O–H groups in total. The van der Waals surface area contributed by atoms with Gasteiger partial charge in [0.1, 0.15) is 0 Å². The van der Waals surface area contributed by atoms with Crippen molar-refractivity contribution in [3.63, 3.8) is 0 Å². The van der Waals surface area contributed by atoms with Gasteiger partial charge in [-0.3, -0.25) is 0 Å². The molecule has 1 heterocycles. The van der Waals surface area contributed by atoms with Gasteiger partial charge in [0, 0.05) is 6.61 Å². The van der Waals surface area contributed by atoms with Crippen LogP contribution >= 0.6 is 0 Å². The van der Waals surface area contributed by atoms with Crippen molar-refractivity contribution >= 4 is 0 Å². The molecule has 4 aliphatic carbocycles. The molecule has 11 atom stereocenters. The average molecular weight is 403 g/mol. The van der Waals surface area contributed by atoms with E-state index >= 15 is 0 Å². The van der Waals surface area contributed by atoms with Gasteiger partial charge < -0.3 is 9.84 Å². The normalized spacial score (nSPS) is 54.9. The van der Waals surface area contributed by atoms with Crippen molar-refractivity contribution in [2.45, 2.75) is 111 Å². The van der Waals surface area contributed by atoms with E-state index in [0.29, 0.717) is 41.5 Å². The first-order chi connectivity index (χ1) is 13.9. The van der Waals surface area contributed by atoms with Gasteiger partial charge in [-0.25, -0.2) is 0 Å². The summed E-state index contributed by atoms with van der Waals surface area (Å²) < 4.78 is 6.78. The molecule has 0 spiro atoms. The highest BCUT2D eigenvalue weighted by atomic mass is 16.5. The van der Waals surface area contributed by atoms with Gasteiger partial charge >= 0.3 is 0 Å². The molecular formula is C27H46O2. The number of hydrogen-bond acceptors (Lipinski definition) is 2. The Hall–Kier alpha value is -0.0800. The summed E-state index contributed by atoms with van der Waals surface area (Å²) in [6, 6.07) is 0. The second kappa shape index (κ2) is 7.51. The van der Waals surface area contributed by atoms with E-state index < -0.39 is 0 Å². The highest BCUT2D eigenvalue weighted by Gasteiger charge is 2.65. The zero-order valence-electron chi connectivity index (χ0n) is 19.5. The minimum Gasteiger partial charge on any atom is -0.396 e. The Labute approximate surface area is 179 Å². The van der Waals surface area contributed by atoms with Gasteiger partial charge in [0.05, 0.1) is 12.2 Å². The fourth-order valence-electron chi connectivity index (χ4n) is 9.85. The molecule has 5 aliphatic rings. The molecule has 2 heteroatoms. The lowest BCUT2D eigenvalue weighted by atomic mass is 9.44. The van der Waals surface area contributed by atoms with Crippen molar-refractivity contribution in [1.29, 1.82) is 0 Å². The third kappa shape index (κ3) is 3.09. The van der Waals surface area contributed by atoms with Crippen LogP contribution in [0.25, 0.3) is 0 Å². The number of rotatable bonds is 4. The zero-order valence-corrected chi connectivity index (χ0v) is 19.5. The quantitative estimate of drug-likeness (QED) is 0.585. The highest BCUT2D eigenvalue weighted by molar-refractivity contribution is 5.13. The summed E-state index contributed by atoms with van der Waals surface area (Å²) in [5.74, 6) is 5.79. The number of fused-ring (bicyclic) bond motifs is 7. The Morgan fingerprint density at radius 1 is 1.00 bits per heavy atom. The number of aliphatic hydroxyl groups is 1. The minimum atomic E-state index is 0.316. The number of aliphatic hydroxyl groups excluding tert-OH is 1. The Bertz CT molecular complexity index is 603. The van der Waals surface area contributed by atoms with Crippen molar-refractivity contribution in [1.82, 2.24) is 0 Å². The smallest absolute Gasteiger partial charge is 0.0618 e. The first kappa shape index (κ1) is 20.8. The molecule has 1 aliphatic heterocycles. The van der Waals surface area contributed by atoms with Crippen LogP contribution in [0.15, 0.2) is 0 Å². The third-order valence-corrected chi connectivity index (χ3v) is 11.4. The Balaban J connectivity index is 1.33. The third-order valence-electron chi connectivity index (χ3n) is 11.4. The fourth-order valence-corrected chi connectivity index (χ4v) is 9.85. The average Bonchev–Trinajstić information content (AvgIpc) is 3.19. The van der Waals surface area contributed by atoms with E-state index in [9.17, 15) is 5.11 Å². The lowest BCUT2D eigenvalue weighted by molar-refractivity contribution is -0.115. The van der Waals surface area contributed by atoms with E-state index in [1.165, 1.54) is 57.8 Å². The van der Waals surface area contributed by atoms with E-state index in [1.54, 1.807) is 0 Å². The van der Waals surface area contributed by atoms with Crippen LogP contribution in [0.4, 0.5) is 0 Å². The standard InChI is InChI=1S/C27H46O2/c1-17(16-28)8-11-23-18(2)25-24(29-23)15-22-20-10-9-19-7-5-6-13-26(19,3)21(20)12-14-27(22,25)4/h17-25,28H,5-16H2,1-4H3. The van der Waals surface area contributed by atoms with Gasteiger partial charge in [-0.05, 0) is 110 Å². The largest absolute Gasteiger partial charge is 0.396 e. The molecule has 1 saturated heterocycles. The van der Waals surface area contributed by atoms with E-state index in [0.717, 1.165) is 42.4 Å². The topological polar surface area (TPSA) is 29.5 Å². The molecule has 2 nitrogen and oxygen atoms in total. The van der Waals surface area contributed by atoms with Gasteiger partial charge in [-0.15, -0.1) is 0 Å². The molecule has 166 valence electrons. The second-order valence-corrected chi connectivity index (χ2v) is 12.6. The number of hydrogen-bond donors (Lipinski definition) is 1. The van der Waals surface area contributed by atoms with Crippen LogP contribution in [0.1, 0.15) is 98.3 Å². The van der Waals surface area contributed by atoms with Gasteiger partial charge in [0.2, 0.25) is 0 Å². The summed E-state index contributed by atoms with van der Waals surface area (Å²) in [6.07, 6.45) is 16.5. The van der Waals surface area contributed by atoms with E-state index in [2.05, 4.69) is 27.7 Å². The molecule has 0 aromatic carbocycles. The van der Waals surface area contributed by atoms with Crippen molar-refractivity contribution in [3.05, 3.63) is 0 Å². The van der Waals surface area contributed by atoms with Gasteiger partial charge in [-0.2, -0.15) is 0 Å². The zero-order chi connectivity index (χ0) is 20.4. The summed E-state index contributed by atoms with van der Waals surface area (Å²) in [7, 11) is 0. The van der Waals surface area contributed by atoms with Crippen molar-refractivity contribution in [3.8, 4) is 0 Å². The fraction of sp³-hybridized carbons (Fsp3) is 1.00. The first-order valence-electron chi connectivity index (χ1n) is 13.1. The second-order valence-electron chi connectivity index (χ2n) is 12.6. The Morgan fingerprint density at radius 3 is 2.62 bits per heavy atom. The molecular weight excluding hydrogens is 356 g/mol. The Kier molecular flexibility index (Phi) is 5.38. The lowest BCUT2D eigenvalue weighted by Gasteiger charge is -2.60.